The number of aromatic nitrogens is 10. The van der Waals surface area contributed by atoms with Crippen LogP contribution in [0, 0.1) is 11.3 Å². The summed E-state index contributed by atoms with van der Waals surface area (Å²) in [4.78, 5) is 16.3. The average molecular weight is 932 g/mol. The molecule has 4 unspecified atom stereocenters. The Morgan fingerprint density at radius 3 is 1.72 bits per heavy atom. The van der Waals surface area contributed by atoms with Crippen molar-refractivity contribution in [2.45, 2.75) is 112 Å². The molecule has 3 aliphatic rings. The number of sulfonamides is 3. The smallest absolute Gasteiger partial charge is 0.261 e. The zero-order valence-corrected chi connectivity index (χ0v) is 38.5. The maximum absolute atomic E-state index is 13.1. The lowest BCUT2D eigenvalue weighted by Crippen LogP contribution is -2.43. The van der Waals surface area contributed by atoms with Gasteiger partial charge in [-0.3, -0.25) is 20.3 Å². The van der Waals surface area contributed by atoms with Gasteiger partial charge in [0.15, 0.2) is 32.0 Å². The predicted octanol–water partition coefficient (Wildman–Crippen LogP) is 5.85. The number of nitrogens with one attached hydrogen (secondary N) is 4. The molecule has 3 fully saturated rings. The first kappa shape index (κ1) is 45.3. The topological polar surface area (TPSA) is 259 Å². The zero-order valence-electron chi connectivity index (χ0n) is 36.1. The van der Waals surface area contributed by atoms with Crippen molar-refractivity contribution >= 4 is 63.2 Å². The van der Waals surface area contributed by atoms with Gasteiger partial charge in [0.25, 0.3) is 30.1 Å². The van der Waals surface area contributed by atoms with Gasteiger partial charge < -0.3 is 0 Å². The Bertz CT molecular complexity index is 3070. The third-order valence-corrected chi connectivity index (χ3v) is 17.4. The highest BCUT2D eigenvalue weighted by molar-refractivity contribution is 7.90. The number of piperidine rings is 1. The summed E-state index contributed by atoms with van der Waals surface area (Å²) in [5, 5.41) is 21.8. The summed E-state index contributed by atoms with van der Waals surface area (Å²) in [7, 11) is -10.8. The van der Waals surface area contributed by atoms with Crippen molar-refractivity contribution in [3.63, 3.8) is 0 Å². The molecule has 64 heavy (non-hydrogen) atoms. The molecule has 7 aromatic rings. The molecule has 10 rings (SSSR count). The minimum atomic E-state index is -3.67. The SMILES string of the molecule is CC1CC(NS(=O)(=O)c2[nH]nc3ncccc23)CC(C)(C)C1.CC1CCCCN1S(=O)(=O)c1[nH]nc2ncccc12.O=S(=O)(c1[nH]nc2ncccc12)N1CCCC1c1cccnc1. The molecule has 0 aromatic carbocycles. The lowest BCUT2D eigenvalue weighted by Gasteiger charge is -2.39. The summed E-state index contributed by atoms with van der Waals surface area (Å²) in [6.45, 7) is 9.58. The Morgan fingerprint density at radius 2 is 1.17 bits per heavy atom. The minimum Gasteiger partial charge on any atom is -0.264 e. The van der Waals surface area contributed by atoms with E-state index in [4.69, 9.17) is 0 Å². The van der Waals surface area contributed by atoms with E-state index < -0.39 is 30.1 Å². The van der Waals surface area contributed by atoms with E-state index in [2.05, 4.69) is 76.0 Å². The molecular weight excluding hydrogens is 879 g/mol. The van der Waals surface area contributed by atoms with E-state index in [0.29, 0.717) is 52.1 Å². The van der Waals surface area contributed by atoms with E-state index >= 15 is 0 Å². The van der Waals surface area contributed by atoms with Crippen LogP contribution in [-0.4, -0.2) is 110 Å². The molecule has 9 heterocycles. The number of rotatable bonds is 8. The minimum absolute atomic E-state index is 0.0359. The summed E-state index contributed by atoms with van der Waals surface area (Å²) >= 11 is 0. The summed E-state index contributed by atoms with van der Waals surface area (Å²) in [5.41, 5.74) is 2.33. The molecule has 19 nitrogen and oxygen atoms in total. The van der Waals surface area contributed by atoms with Gasteiger partial charge in [0.1, 0.15) is 0 Å². The van der Waals surface area contributed by atoms with Crippen LogP contribution in [0.25, 0.3) is 33.1 Å². The molecule has 2 saturated heterocycles. The van der Waals surface area contributed by atoms with E-state index in [1.54, 1.807) is 71.7 Å². The van der Waals surface area contributed by atoms with Gasteiger partial charge in [0.2, 0.25) is 0 Å². The van der Waals surface area contributed by atoms with Crippen molar-refractivity contribution in [3.8, 4) is 0 Å². The fourth-order valence-electron chi connectivity index (χ4n) is 9.39. The van der Waals surface area contributed by atoms with Gasteiger partial charge in [-0.1, -0.05) is 33.3 Å². The van der Waals surface area contributed by atoms with E-state index in [1.807, 2.05) is 19.1 Å². The number of nitrogens with zero attached hydrogens (tertiary/aromatic N) is 9. The standard InChI is InChI=1S/C15H15N5O2S.C15H22N4O2S.C12H16N4O2S/c21-23(22,15-12-5-2-8-17-14(12)18-19-15)20-9-3-6-13(20)11-4-1-7-16-10-11;1-10-7-11(9-15(2,3)8-10)19-22(20,21)14-12-5-4-6-16-13(12)17-18-14;1-9-5-2-3-8-16(9)19(17,18)12-10-6-4-7-13-11(10)14-15-12/h1-2,4-5,7-8,10,13H,3,6,9H2,(H,17,18,19);4-6,10-11,19H,7-9H2,1-3H3,(H,16,17,18);4,6-7,9H,2-3,5,8H2,1H3,(H,13,14,15). The van der Waals surface area contributed by atoms with Gasteiger partial charge in [-0.25, -0.2) is 44.9 Å². The highest BCUT2D eigenvalue weighted by Gasteiger charge is 2.39. The molecule has 0 bridgehead atoms. The molecule has 0 spiro atoms. The lowest BCUT2D eigenvalue weighted by molar-refractivity contribution is 0.163. The van der Waals surface area contributed by atoms with Gasteiger partial charge in [-0.2, -0.15) is 23.9 Å². The van der Waals surface area contributed by atoms with Gasteiger partial charge in [0.05, 0.1) is 22.2 Å². The second-order valence-corrected chi connectivity index (χ2v) is 22.8. The molecule has 7 aromatic heterocycles. The van der Waals surface area contributed by atoms with E-state index in [0.717, 1.165) is 56.9 Å². The van der Waals surface area contributed by atoms with Gasteiger partial charge in [-0.15, -0.1) is 0 Å². The van der Waals surface area contributed by atoms with Gasteiger partial charge >= 0.3 is 0 Å². The lowest BCUT2D eigenvalue weighted by atomic mass is 9.71. The molecule has 22 heteroatoms. The Morgan fingerprint density at radius 1 is 0.641 bits per heavy atom. The number of hydrogen-bond donors (Lipinski definition) is 4. The Hall–Kier alpha value is -5.26. The van der Waals surface area contributed by atoms with Crippen molar-refractivity contribution in [2.75, 3.05) is 13.1 Å². The van der Waals surface area contributed by atoms with Crippen LogP contribution in [0.3, 0.4) is 0 Å². The Kier molecular flexibility index (Phi) is 13.0. The zero-order chi connectivity index (χ0) is 45.3. The number of aromatic amines is 3. The first-order chi connectivity index (χ1) is 30.5. The number of hydrogen-bond acceptors (Lipinski definition) is 13. The van der Waals surface area contributed by atoms with Crippen molar-refractivity contribution in [1.82, 2.24) is 63.9 Å². The van der Waals surface area contributed by atoms with Crippen LogP contribution in [0.4, 0.5) is 0 Å². The number of fused-ring (bicyclic) bond motifs is 3. The third kappa shape index (κ3) is 9.43. The first-order valence-corrected chi connectivity index (χ1v) is 25.7. The number of H-pyrrole nitrogens is 3. The van der Waals surface area contributed by atoms with Gasteiger partial charge in [-0.05, 0) is 111 Å². The van der Waals surface area contributed by atoms with Crippen LogP contribution in [0.15, 0.2) is 94.6 Å². The average Bonchev–Trinajstić information content (AvgIpc) is 4.09. The van der Waals surface area contributed by atoms with Crippen LogP contribution in [-0.2, 0) is 30.1 Å². The van der Waals surface area contributed by atoms with Crippen LogP contribution in [0.2, 0.25) is 0 Å². The predicted molar refractivity (Wildman–Crippen MR) is 240 cm³/mol. The fraction of sp³-hybridized carbons (Fsp3) is 0.452. The summed E-state index contributed by atoms with van der Waals surface area (Å²) in [5.74, 6) is 0.511. The molecule has 4 N–H and O–H groups in total. The van der Waals surface area contributed by atoms with Crippen LogP contribution in [0.1, 0.15) is 90.7 Å². The third-order valence-electron chi connectivity index (χ3n) is 12.0. The molecule has 340 valence electrons. The van der Waals surface area contributed by atoms with Crippen LogP contribution in [0.5, 0.6) is 0 Å². The van der Waals surface area contributed by atoms with Crippen LogP contribution >= 0.6 is 0 Å². The summed E-state index contributed by atoms with van der Waals surface area (Å²) in [6.07, 6.45) is 15.6. The molecule has 2 aliphatic heterocycles. The summed E-state index contributed by atoms with van der Waals surface area (Å²) in [6, 6.07) is 13.8. The molecule has 1 saturated carbocycles. The van der Waals surface area contributed by atoms with E-state index in [-0.39, 0.29) is 38.6 Å². The van der Waals surface area contributed by atoms with E-state index in [9.17, 15) is 25.3 Å². The second kappa shape index (κ2) is 18.3. The van der Waals surface area contributed by atoms with Crippen LogP contribution < -0.4 is 4.72 Å². The maximum atomic E-state index is 13.1. The second-order valence-electron chi connectivity index (χ2n) is 17.5. The molecule has 1 aliphatic carbocycles. The monoisotopic (exact) mass is 931 g/mol. The first-order valence-electron chi connectivity index (χ1n) is 21.4. The highest BCUT2D eigenvalue weighted by Crippen LogP contribution is 2.40. The van der Waals surface area contributed by atoms with Gasteiger partial charge in [0, 0.05) is 56.2 Å². The van der Waals surface area contributed by atoms with Crippen molar-refractivity contribution in [1.29, 1.82) is 0 Å². The molecule has 0 amide bonds. The largest absolute Gasteiger partial charge is 0.264 e. The highest BCUT2D eigenvalue weighted by atomic mass is 32.2. The Labute approximate surface area is 372 Å². The normalized spacial score (nSPS) is 22.2. The van der Waals surface area contributed by atoms with Crippen molar-refractivity contribution in [3.05, 3.63) is 85.1 Å². The molecular formula is C42H53N13O6S3. The molecule has 4 atom stereocenters. The molecule has 0 radical (unpaired) electrons. The Balaban J connectivity index is 0.000000132. The quantitative estimate of drug-likeness (QED) is 0.140. The fourth-order valence-corrected chi connectivity index (χ4v) is 14.3. The van der Waals surface area contributed by atoms with Crippen molar-refractivity contribution < 1.29 is 25.3 Å². The number of pyridine rings is 4. The van der Waals surface area contributed by atoms with E-state index in [1.165, 1.54) is 4.31 Å². The summed E-state index contributed by atoms with van der Waals surface area (Å²) < 4.78 is 82.9. The maximum Gasteiger partial charge on any atom is 0.261 e. The van der Waals surface area contributed by atoms with Crippen molar-refractivity contribution in [2.24, 2.45) is 11.3 Å².